The SMILES string of the molecule is CCN1CCN(c2cc(N3CCN(C(=O)OC(C)(C)C)CC3)cc(-c3noc(C4(C)CCC(C)c5sc(N)c(C#N)c54)n3)n2)CC1. The molecule has 6 rings (SSSR count). The number of nitrogen functional groups attached to an aromatic ring is 1. The van der Waals surface area contributed by atoms with E-state index in [1.165, 1.54) is 11.3 Å². The van der Waals surface area contributed by atoms with Crippen molar-refractivity contribution in [3.63, 3.8) is 0 Å². The van der Waals surface area contributed by atoms with Gasteiger partial charge in [-0.1, -0.05) is 19.0 Å². The van der Waals surface area contributed by atoms with Gasteiger partial charge in [-0.25, -0.2) is 9.78 Å². The number of ether oxygens (including phenoxy) is 1. The molecular formula is C33H45N9O3S. The van der Waals surface area contributed by atoms with Crippen LogP contribution in [-0.4, -0.2) is 95.5 Å². The summed E-state index contributed by atoms with van der Waals surface area (Å²) in [4.78, 5) is 32.7. The molecule has 3 aliphatic rings. The number of hydrogen-bond donors (Lipinski definition) is 1. The monoisotopic (exact) mass is 647 g/mol. The molecule has 0 aromatic carbocycles. The van der Waals surface area contributed by atoms with E-state index in [1.54, 1.807) is 4.90 Å². The molecule has 1 amide bonds. The maximum Gasteiger partial charge on any atom is 0.410 e. The van der Waals surface area contributed by atoms with Crippen LogP contribution in [0.15, 0.2) is 16.7 Å². The predicted molar refractivity (Wildman–Crippen MR) is 179 cm³/mol. The molecular weight excluding hydrogens is 602 g/mol. The third-order valence-corrected chi connectivity index (χ3v) is 10.8. The van der Waals surface area contributed by atoms with Gasteiger partial charge >= 0.3 is 6.09 Å². The number of amides is 1. The summed E-state index contributed by atoms with van der Waals surface area (Å²) >= 11 is 1.50. The minimum Gasteiger partial charge on any atom is -0.444 e. The molecule has 2 aliphatic heterocycles. The second kappa shape index (κ2) is 12.4. The number of likely N-dealkylation sites (N-methyl/N-ethyl adjacent to an activating group) is 1. The summed E-state index contributed by atoms with van der Waals surface area (Å²) in [5.41, 5.74) is 8.24. The quantitative estimate of drug-likeness (QED) is 0.398. The zero-order valence-electron chi connectivity index (χ0n) is 27.8. The van der Waals surface area contributed by atoms with Gasteiger partial charge in [-0.15, -0.1) is 11.3 Å². The Morgan fingerprint density at radius 2 is 1.83 bits per heavy atom. The third kappa shape index (κ3) is 6.12. The fourth-order valence-corrected chi connectivity index (χ4v) is 7.96. The number of pyridine rings is 1. The van der Waals surface area contributed by atoms with E-state index < -0.39 is 11.0 Å². The summed E-state index contributed by atoms with van der Waals surface area (Å²) in [6.45, 7) is 19.3. The first kappa shape index (κ1) is 32.1. The maximum absolute atomic E-state index is 12.7. The Balaban J connectivity index is 1.32. The van der Waals surface area contributed by atoms with E-state index in [2.05, 4.69) is 52.8 Å². The van der Waals surface area contributed by atoms with Crippen LogP contribution in [0.2, 0.25) is 0 Å². The number of nitrogens with two attached hydrogens (primary N) is 1. The second-order valence-electron chi connectivity index (χ2n) is 13.8. The average molecular weight is 648 g/mol. The lowest BCUT2D eigenvalue weighted by Gasteiger charge is -2.38. The molecule has 2 atom stereocenters. The van der Waals surface area contributed by atoms with E-state index in [1.807, 2.05) is 26.8 Å². The molecule has 1 aliphatic carbocycles. The summed E-state index contributed by atoms with van der Waals surface area (Å²) < 4.78 is 11.6. The molecule has 0 saturated carbocycles. The lowest BCUT2D eigenvalue weighted by Crippen LogP contribution is -2.50. The van der Waals surface area contributed by atoms with Crippen LogP contribution in [0.5, 0.6) is 0 Å². The van der Waals surface area contributed by atoms with Gasteiger partial charge < -0.3 is 34.6 Å². The minimum absolute atomic E-state index is 0.280. The van der Waals surface area contributed by atoms with E-state index in [-0.39, 0.29) is 6.09 Å². The Morgan fingerprint density at radius 1 is 1.13 bits per heavy atom. The van der Waals surface area contributed by atoms with Gasteiger partial charge in [-0.3, -0.25) is 0 Å². The van der Waals surface area contributed by atoms with Crippen molar-refractivity contribution in [2.75, 3.05) is 74.4 Å². The van der Waals surface area contributed by atoms with E-state index >= 15 is 0 Å². The molecule has 12 nitrogen and oxygen atoms in total. The first-order chi connectivity index (χ1) is 21.9. The van der Waals surface area contributed by atoms with Crippen LogP contribution in [0.3, 0.4) is 0 Å². The van der Waals surface area contributed by atoms with Crippen LogP contribution in [0, 0.1) is 11.3 Å². The molecule has 13 heteroatoms. The summed E-state index contributed by atoms with van der Waals surface area (Å²) in [5.74, 6) is 2.08. The number of nitriles is 1. The van der Waals surface area contributed by atoms with Crippen LogP contribution in [0.4, 0.5) is 21.3 Å². The van der Waals surface area contributed by atoms with E-state index in [9.17, 15) is 10.1 Å². The summed E-state index contributed by atoms with van der Waals surface area (Å²) in [6, 6.07) is 6.49. The number of piperazine rings is 2. The highest BCUT2D eigenvalue weighted by molar-refractivity contribution is 7.16. The molecule has 5 heterocycles. The Kier molecular flexibility index (Phi) is 8.63. The first-order valence-corrected chi connectivity index (χ1v) is 17.1. The van der Waals surface area contributed by atoms with Crippen molar-refractivity contribution in [1.82, 2.24) is 24.9 Å². The standard InChI is InChI=1S/C33H45N9O3S/c1-7-39-10-12-41(13-11-39)25-19-22(40-14-16-42(17-15-40)31(43)44-32(3,4)5)18-24(36-25)29-37-30(45-38-29)33(6)9-8-21(2)27-26(33)23(20-34)28(35)46-27/h18-19,21H,7-17,35H2,1-6H3. The molecule has 2 N–H and O–H groups in total. The Bertz CT molecular complexity index is 1620. The van der Waals surface area contributed by atoms with Crippen molar-refractivity contribution < 1.29 is 14.1 Å². The Hall–Kier alpha value is -3.89. The van der Waals surface area contributed by atoms with Crippen LogP contribution in [-0.2, 0) is 10.2 Å². The molecule has 246 valence electrons. The normalized spacial score (nSPS) is 22.5. The largest absolute Gasteiger partial charge is 0.444 e. The van der Waals surface area contributed by atoms with Crippen molar-refractivity contribution in [3.05, 3.63) is 34.0 Å². The van der Waals surface area contributed by atoms with Crippen LogP contribution >= 0.6 is 11.3 Å². The summed E-state index contributed by atoms with van der Waals surface area (Å²) in [7, 11) is 0. The molecule has 2 fully saturated rings. The van der Waals surface area contributed by atoms with E-state index in [0.29, 0.717) is 60.1 Å². The van der Waals surface area contributed by atoms with Gasteiger partial charge in [0.2, 0.25) is 11.7 Å². The van der Waals surface area contributed by atoms with Crippen LogP contribution in [0.1, 0.15) is 82.2 Å². The zero-order valence-corrected chi connectivity index (χ0v) is 28.6. The van der Waals surface area contributed by atoms with E-state index in [4.69, 9.17) is 25.0 Å². The van der Waals surface area contributed by atoms with Crippen LogP contribution in [0.25, 0.3) is 11.5 Å². The molecule has 3 aromatic heterocycles. The number of carbonyl (C=O) groups excluding carboxylic acids is 1. The van der Waals surface area contributed by atoms with Gasteiger partial charge in [0, 0.05) is 74.6 Å². The Morgan fingerprint density at radius 3 is 2.48 bits per heavy atom. The first-order valence-electron chi connectivity index (χ1n) is 16.3. The number of nitrogens with zero attached hydrogens (tertiary/aromatic N) is 8. The van der Waals surface area contributed by atoms with Crippen molar-refractivity contribution >= 4 is 33.9 Å². The summed E-state index contributed by atoms with van der Waals surface area (Å²) in [6.07, 6.45) is 1.43. The van der Waals surface area contributed by atoms with Gasteiger partial charge in [0.05, 0.1) is 11.0 Å². The molecule has 0 radical (unpaired) electrons. The highest BCUT2D eigenvalue weighted by atomic mass is 32.1. The Labute approximate surface area is 275 Å². The lowest BCUT2D eigenvalue weighted by atomic mass is 9.69. The smallest absolute Gasteiger partial charge is 0.410 e. The maximum atomic E-state index is 12.7. The number of anilines is 3. The van der Waals surface area contributed by atoms with Gasteiger partial charge in [-0.05, 0) is 59.1 Å². The van der Waals surface area contributed by atoms with Crippen molar-refractivity contribution in [2.24, 2.45) is 0 Å². The second-order valence-corrected chi connectivity index (χ2v) is 14.9. The molecule has 0 spiro atoms. The number of rotatable bonds is 5. The van der Waals surface area contributed by atoms with E-state index in [0.717, 1.165) is 67.5 Å². The molecule has 2 unspecified atom stereocenters. The minimum atomic E-state index is -0.624. The fourth-order valence-electron chi connectivity index (χ4n) is 6.73. The fraction of sp³-hybridized carbons (Fsp3) is 0.606. The number of thiophene rings is 1. The highest BCUT2D eigenvalue weighted by Gasteiger charge is 2.45. The van der Waals surface area contributed by atoms with Crippen LogP contribution < -0.4 is 15.5 Å². The number of carbonyl (C=O) groups is 1. The van der Waals surface area contributed by atoms with Gasteiger partial charge in [-0.2, -0.15) is 10.2 Å². The summed E-state index contributed by atoms with van der Waals surface area (Å²) in [5, 5.41) is 15.0. The van der Waals surface area contributed by atoms with Gasteiger partial charge in [0.25, 0.3) is 0 Å². The predicted octanol–water partition coefficient (Wildman–Crippen LogP) is 5.05. The number of fused-ring (bicyclic) bond motifs is 1. The third-order valence-electron chi connectivity index (χ3n) is 9.51. The lowest BCUT2D eigenvalue weighted by molar-refractivity contribution is 0.0240. The number of hydrogen-bond acceptors (Lipinski definition) is 12. The van der Waals surface area contributed by atoms with Crippen molar-refractivity contribution in [1.29, 1.82) is 5.26 Å². The van der Waals surface area contributed by atoms with Gasteiger partial charge in [0.15, 0.2) is 0 Å². The molecule has 46 heavy (non-hydrogen) atoms. The molecule has 3 aromatic rings. The topological polar surface area (TPSA) is 141 Å². The highest BCUT2D eigenvalue weighted by Crippen LogP contribution is 2.52. The molecule has 2 saturated heterocycles. The average Bonchev–Trinajstić information content (AvgIpc) is 3.68. The number of aromatic nitrogens is 3. The van der Waals surface area contributed by atoms with Crippen molar-refractivity contribution in [2.45, 2.75) is 71.3 Å². The van der Waals surface area contributed by atoms with Crippen molar-refractivity contribution in [3.8, 4) is 17.6 Å². The zero-order chi connectivity index (χ0) is 32.8. The molecule has 0 bridgehead atoms. The van der Waals surface area contributed by atoms with Gasteiger partial charge in [0.1, 0.15) is 28.2 Å².